The zero-order chi connectivity index (χ0) is 11.1. The van der Waals surface area contributed by atoms with Gasteiger partial charge in [-0.3, -0.25) is 4.99 Å². The Kier molecular flexibility index (Phi) is 2.43. The minimum Gasteiger partial charge on any atom is -0.310 e. The van der Waals surface area contributed by atoms with E-state index in [0.717, 1.165) is 0 Å². The minimum atomic E-state index is -3.41. The molecule has 1 aromatic heterocycles. The van der Waals surface area contributed by atoms with E-state index in [9.17, 15) is 8.42 Å². The Morgan fingerprint density at radius 2 is 2.33 bits per heavy atom. The lowest BCUT2D eigenvalue weighted by atomic mass is 10.4. The van der Waals surface area contributed by atoms with Crippen molar-refractivity contribution >= 4 is 33.0 Å². The van der Waals surface area contributed by atoms with Crippen LogP contribution in [-0.4, -0.2) is 28.0 Å². The lowest BCUT2D eigenvalue weighted by Crippen LogP contribution is -2.48. The van der Waals surface area contributed by atoms with Crippen LogP contribution in [0.3, 0.4) is 0 Å². The summed E-state index contributed by atoms with van der Waals surface area (Å²) < 4.78 is 26.3. The predicted octanol–water partition coefficient (Wildman–Crippen LogP) is 0.852. The molecule has 7 heteroatoms. The van der Waals surface area contributed by atoms with Crippen LogP contribution in [0.2, 0.25) is 0 Å². The Bertz CT molecular complexity index is 504. The third-order valence-electron chi connectivity index (χ3n) is 2.15. The van der Waals surface area contributed by atoms with E-state index in [1.165, 1.54) is 11.3 Å². The molecule has 0 bridgehead atoms. The highest BCUT2D eigenvalue weighted by molar-refractivity contribution is 7.92. The number of thiophene rings is 1. The second-order valence-corrected chi connectivity index (χ2v) is 5.78. The van der Waals surface area contributed by atoms with E-state index in [2.05, 4.69) is 9.71 Å². The highest BCUT2D eigenvalue weighted by Crippen LogP contribution is 2.33. The standard InChI is InChI=1S/C8H11N3O2S2/c1-3-11-6-4-5-14-7(6)15(12,13)10-8(11)9-2/h4-5H,3H2,1-2H3,(H,9,10). The summed E-state index contributed by atoms with van der Waals surface area (Å²) in [5, 5.41) is 1.77. The van der Waals surface area contributed by atoms with Gasteiger partial charge >= 0.3 is 0 Å². The molecule has 0 amide bonds. The van der Waals surface area contributed by atoms with E-state index in [1.807, 2.05) is 11.8 Å². The fourth-order valence-electron chi connectivity index (χ4n) is 1.51. The normalized spacial score (nSPS) is 21.2. The van der Waals surface area contributed by atoms with Crippen LogP contribution in [-0.2, 0) is 10.0 Å². The zero-order valence-electron chi connectivity index (χ0n) is 8.39. The van der Waals surface area contributed by atoms with Crippen molar-refractivity contribution in [2.24, 2.45) is 4.99 Å². The molecular weight excluding hydrogens is 234 g/mol. The average molecular weight is 245 g/mol. The van der Waals surface area contributed by atoms with Crippen molar-refractivity contribution in [2.75, 3.05) is 18.5 Å². The third kappa shape index (κ3) is 1.51. The quantitative estimate of drug-likeness (QED) is 0.798. The van der Waals surface area contributed by atoms with Gasteiger partial charge in [0, 0.05) is 13.6 Å². The Morgan fingerprint density at radius 1 is 1.60 bits per heavy atom. The number of hydrogen-bond acceptors (Lipinski definition) is 4. The molecule has 0 saturated carbocycles. The van der Waals surface area contributed by atoms with Crippen LogP contribution in [0.25, 0.3) is 0 Å². The summed E-state index contributed by atoms with van der Waals surface area (Å²) in [6.45, 7) is 2.63. The Labute approximate surface area is 92.5 Å². The van der Waals surface area contributed by atoms with Gasteiger partial charge in [-0.15, -0.1) is 11.3 Å². The van der Waals surface area contributed by atoms with E-state index in [0.29, 0.717) is 22.4 Å². The van der Waals surface area contributed by atoms with Gasteiger partial charge in [0.05, 0.1) is 5.69 Å². The molecule has 0 spiro atoms. The minimum absolute atomic E-state index is 0.358. The molecule has 1 aliphatic rings. The first-order chi connectivity index (χ1) is 7.10. The van der Waals surface area contributed by atoms with Gasteiger partial charge in [0.1, 0.15) is 0 Å². The van der Waals surface area contributed by atoms with E-state index in [-0.39, 0.29) is 0 Å². The molecule has 82 valence electrons. The summed E-state index contributed by atoms with van der Waals surface area (Å²) in [6, 6.07) is 1.80. The van der Waals surface area contributed by atoms with E-state index >= 15 is 0 Å². The van der Waals surface area contributed by atoms with Crippen LogP contribution in [0.4, 0.5) is 5.69 Å². The van der Waals surface area contributed by atoms with Gasteiger partial charge in [-0.2, -0.15) is 0 Å². The van der Waals surface area contributed by atoms with E-state index in [1.54, 1.807) is 18.5 Å². The van der Waals surface area contributed by atoms with Gasteiger partial charge in [-0.25, -0.2) is 13.1 Å². The topological polar surface area (TPSA) is 61.8 Å². The summed E-state index contributed by atoms with van der Waals surface area (Å²) >= 11 is 1.22. The van der Waals surface area contributed by atoms with E-state index in [4.69, 9.17) is 0 Å². The van der Waals surface area contributed by atoms with Crippen LogP contribution in [0.1, 0.15) is 6.92 Å². The van der Waals surface area contributed by atoms with Crippen molar-refractivity contribution in [3.8, 4) is 0 Å². The van der Waals surface area contributed by atoms with Crippen molar-refractivity contribution in [3.05, 3.63) is 11.4 Å². The molecule has 15 heavy (non-hydrogen) atoms. The number of sulfonamides is 1. The summed E-state index contributed by atoms with van der Waals surface area (Å²) in [5.41, 5.74) is 0.710. The molecule has 0 unspecified atom stereocenters. The van der Waals surface area contributed by atoms with Gasteiger partial charge in [0.25, 0.3) is 10.0 Å². The fourth-order valence-corrected chi connectivity index (χ4v) is 3.92. The Balaban J connectivity index is 2.65. The number of hydrogen-bond donors (Lipinski definition) is 1. The molecule has 0 radical (unpaired) electrons. The van der Waals surface area contributed by atoms with Gasteiger partial charge in [-0.05, 0) is 18.4 Å². The molecule has 0 fully saturated rings. The zero-order valence-corrected chi connectivity index (χ0v) is 10.0. The smallest absolute Gasteiger partial charge is 0.275 e. The highest BCUT2D eigenvalue weighted by atomic mass is 32.2. The lowest BCUT2D eigenvalue weighted by molar-refractivity contribution is 0.592. The number of anilines is 1. The average Bonchev–Trinajstić information content (AvgIpc) is 2.66. The SMILES string of the molecule is CCN1C(=NC)NS(=O)(=O)c2sccc21. The van der Waals surface area contributed by atoms with Crippen LogP contribution in [0.15, 0.2) is 20.6 Å². The third-order valence-corrected chi connectivity index (χ3v) is 4.95. The van der Waals surface area contributed by atoms with Crippen LogP contribution in [0, 0.1) is 0 Å². The number of fused-ring (bicyclic) bond motifs is 1. The number of nitrogens with one attached hydrogen (secondary N) is 1. The summed E-state index contributed by atoms with van der Waals surface area (Å²) in [7, 11) is -1.84. The molecular formula is C8H11N3O2S2. The maximum atomic E-state index is 11.8. The summed E-state index contributed by atoms with van der Waals surface area (Å²) in [4.78, 5) is 5.77. The first kappa shape index (κ1) is 10.4. The molecule has 5 nitrogen and oxygen atoms in total. The van der Waals surface area contributed by atoms with Gasteiger partial charge < -0.3 is 4.90 Å². The van der Waals surface area contributed by atoms with Crippen LogP contribution < -0.4 is 9.62 Å². The monoisotopic (exact) mass is 245 g/mol. The fraction of sp³-hybridized carbons (Fsp3) is 0.375. The second kappa shape index (κ2) is 3.49. The molecule has 1 aliphatic heterocycles. The predicted molar refractivity (Wildman–Crippen MR) is 61.0 cm³/mol. The largest absolute Gasteiger partial charge is 0.310 e. The molecule has 0 aliphatic carbocycles. The number of rotatable bonds is 1. The van der Waals surface area contributed by atoms with Crippen LogP contribution in [0.5, 0.6) is 0 Å². The summed E-state index contributed by atoms with van der Waals surface area (Å²) in [6.07, 6.45) is 0. The first-order valence-electron chi connectivity index (χ1n) is 4.44. The molecule has 1 aromatic rings. The van der Waals surface area contributed by atoms with E-state index < -0.39 is 10.0 Å². The maximum Gasteiger partial charge on any atom is 0.275 e. The summed E-state index contributed by atoms with van der Waals surface area (Å²) in [5.74, 6) is 0.378. The molecule has 2 heterocycles. The number of aliphatic imine (C=N–C) groups is 1. The Hall–Kier alpha value is -1.08. The lowest BCUT2D eigenvalue weighted by Gasteiger charge is -2.29. The Morgan fingerprint density at radius 3 is 2.93 bits per heavy atom. The van der Waals surface area contributed by atoms with Crippen molar-refractivity contribution in [1.29, 1.82) is 0 Å². The highest BCUT2D eigenvalue weighted by Gasteiger charge is 2.32. The molecule has 1 N–H and O–H groups in total. The van der Waals surface area contributed by atoms with Crippen molar-refractivity contribution in [2.45, 2.75) is 11.1 Å². The molecule has 0 saturated heterocycles. The van der Waals surface area contributed by atoms with Crippen LogP contribution >= 0.6 is 11.3 Å². The van der Waals surface area contributed by atoms with Crippen molar-refractivity contribution in [3.63, 3.8) is 0 Å². The molecule has 2 rings (SSSR count). The van der Waals surface area contributed by atoms with Gasteiger partial charge in [-0.1, -0.05) is 0 Å². The second-order valence-electron chi connectivity index (χ2n) is 2.99. The molecule has 0 atom stereocenters. The van der Waals surface area contributed by atoms with Crippen molar-refractivity contribution in [1.82, 2.24) is 4.72 Å². The number of nitrogens with zero attached hydrogens (tertiary/aromatic N) is 2. The first-order valence-corrected chi connectivity index (χ1v) is 6.81. The maximum absolute atomic E-state index is 11.8. The number of guanidine groups is 1. The van der Waals surface area contributed by atoms with Crippen molar-refractivity contribution < 1.29 is 8.42 Å². The molecule has 0 aromatic carbocycles. The van der Waals surface area contributed by atoms with Gasteiger partial charge in [0.2, 0.25) is 5.96 Å². The van der Waals surface area contributed by atoms with Gasteiger partial charge in [0.15, 0.2) is 4.21 Å².